The van der Waals surface area contributed by atoms with Gasteiger partial charge in [-0.05, 0) is 59.2 Å². The van der Waals surface area contributed by atoms with Gasteiger partial charge in [-0.1, -0.05) is 12.1 Å². The first kappa shape index (κ1) is 28.1. The van der Waals surface area contributed by atoms with E-state index < -0.39 is 54.9 Å². The van der Waals surface area contributed by atoms with Gasteiger partial charge in [-0.2, -0.15) is 13.2 Å². The van der Waals surface area contributed by atoms with Crippen LogP contribution in [0.4, 0.5) is 13.2 Å². The van der Waals surface area contributed by atoms with E-state index in [2.05, 4.69) is 5.32 Å². The van der Waals surface area contributed by atoms with Crippen LogP contribution in [0.2, 0.25) is 0 Å². The van der Waals surface area contributed by atoms with Crippen LogP contribution < -0.4 is 5.32 Å². The Morgan fingerprint density at radius 3 is 1.94 bits per heavy atom. The van der Waals surface area contributed by atoms with Gasteiger partial charge in [-0.3, -0.25) is 14.2 Å². The molecule has 1 amide bonds. The van der Waals surface area contributed by atoms with Gasteiger partial charge >= 0.3 is 19.7 Å². The zero-order valence-electron chi connectivity index (χ0n) is 19.1. The van der Waals surface area contributed by atoms with Crippen molar-refractivity contribution >= 4 is 19.5 Å². The normalized spacial score (nSPS) is 14.5. The molecule has 0 aromatic heterocycles. The minimum Gasteiger partial charge on any atom is -0.459 e. The molecule has 1 aromatic rings. The third kappa shape index (κ3) is 8.56. The fourth-order valence-electron chi connectivity index (χ4n) is 2.79. The smallest absolute Gasteiger partial charge is 0.416 e. The molecule has 1 unspecified atom stereocenters. The Morgan fingerprint density at radius 1 is 1.03 bits per heavy atom. The summed E-state index contributed by atoms with van der Waals surface area (Å²) < 4.78 is 67.3. The molecule has 0 aliphatic heterocycles. The van der Waals surface area contributed by atoms with E-state index in [1.807, 2.05) is 0 Å². The second kappa shape index (κ2) is 11.3. The third-order valence-corrected chi connectivity index (χ3v) is 6.57. The molecule has 1 N–H and O–H groups in total. The van der Waals surface area contributed by atoms with Crippen molar-refractivity contribution < 1.29 is 41.1 Å². The van der Waals surface area contributed by atoms with Crippen LogP contribution in [0.15, 0.2) is 24.3 Å². The molecule has 1 rings (SSSR count). The maximum atomic E-state index is 13.2. The van der Waals surface area contributed by atoms with Gasteiger partial charge in [-0.15, -0.1) is 0 Å². The molecule has 0 aliphatic rings. The molecule has 0 aliphatic carbocycles. The fourth-order valence-corrected chi connectivity index (χ4v) is 4.65. The van der Waals surface area contributed by atoms with E-state index in [-0.39, 0.29) is 13.2 Å². The molecule has 7 nitrogen and oxygen atoms in total. The lowest BCUT2D eigenvalue weighted by molar-refractivity contribution is -0.155. The van der Waals surface area contributed by atoms with Crippen LogP contribution in [-0.4, -0.2) is 36.4 Å². The summed E-state index contributed by atoms with van der Waals surface area (Å²) in [7, 11) is -4.03. The number of halogens is 3. The fraction of sp³-hybridized carbons (Fsp3) is 0.619. The summed E-state index contributed by atoms with van der Waals surface area (Å²) in [6, 6.07) is 3.68. The van der Waals surface area contributed by atoms with Gasteiger partial charge in [0.2, 0.25) is 5.91 Å². The summed E-state index contributed by atoms with van der Waals surface area (Å²) in [6.45, 7) is 9.58. The van der Waals surface area contributed by atoms with Crippen LogP contribution in [0.5, 0.6) is 0 Å². The Bertz CT molecular complexity index is 810. The topological polar surface area (TPSA) is 90.9 Å². The zero-order valence-corrected chi connectivity index (χ0v) is 20.0. The molecule has 0 radical (unpaired) electrons. The average Bonchev–Trinajstić information content (AvgIpc) is 2.64. The van der Waals surface area contributed by atoms with Gasteiger partial charge in [-0.25, -0.2) is 0 Å². The van der Waals surface area contributed by atoms with E-state index in [0.29, 0.717) is 5.56 Å². The lowest BCUT2D eigenvalue weighted by Gasteiger charge is -2.28. The summed E-state index contributed by atoms with van der Waals surface area (Å²) >= 11 is 0. The van der Waals surface area contributed by atoms with Crippen molar-refractivity contribution in [3.8, 4) is 0 Å². The maximum absolute atomic E-state index is 13.2. The van der Waals surface area contributed by atoms with Crippen LogP contribution in [-0.2, 0) is 34.1 Å². The van der Waals surface area contributed by atoms with E-state index in [9.17, 15) is 27.3 Å². The second-order valence-electron chi connectivity index (χ2n) is 8.04. The molecule has 0 bridgehead atoms. The molecule has 182 valence electrons. The standard InChI is InChI=1S/C21H31F3NO6P/c1-7-29-32(28,30-8-2)17(19(27)31-20(4,5)6)13-18(26)25-14(3)15-9-11-16(12-10-15)21(22,23)24/h9-12,14,17H,7-8,13H2,1-6H3,(H,25,26)/t14-,17?/m0/s1. The molecule has 0 saturated heterocycles. The van der Waals surface area contributed by atoms with Gasteiger partial charge in [0.15, 0.2) is 5.66 Å². The molecule has 0 fully saturated rings. The number of benzene rings is 1. The molecule has 0 saturated carbocycles. The highest BCUT2D eigenvalue weighted by Gasteiger charge is 2.45. The van der Waals surface area contributed by atoms with Crippen LogP contribution in [0.1, 0.15) is 65.1 Å². The van der Waals surface area contributed by atoms with Gasteiger partial charge in [0, 0.05) is 0 Å². The molecule has 11 heteroatoms. The summed E-state index contributed by atoms with van der Waals surface area (Å²) in [6.07, 6.45) is -5.01. The summed E-state index contributed by atoms with van der Waals surface area (Å²) in [5.41, 5.74) is -2.78. The molecule has 32 heavy (non-hydrogen) atoms. The Kier molecular flexibility index (Phi) is 9.93. The Labute approximate surface area is 186 Å². The van der Waals surface area contributed by atoms with E-state index in [1.54, 1.807) is 41.5 Å². The van der Waals surface area contributed by atoms with Gasteiger partial charge in [0.1, 0.15) is 5.60 Å². The number of hydrogen-bond acceptors (Lipinski definition) is 6. The predicted molar refractivity (Wildman–Crippen MR) is 113 cm³/mol. The summed E-state index contributed by atoms with van der Waals surface area (Å²) in [5, 5.41) is 2.60. The molecular weight excluding hydrogens is 450 g/mol. The number of hydrogen-bond donors (Lipinski definition) is 1. The highest BCUT2D eigenvalue weighted by molar-refractivity contribution is 7.55. The Hall–Kier alpha value is -1.90. The minimum atomic E-state index is -4.47. The maximum Gasteiger partial charge on any atom is 0.416 e. The van der Waals surface area contributed by atoms with Crippen molar-refractivity contribution in [3.05, 3.63) is 35.4 Å². The van der Waals surface area contributed by atoms with E-state index in [4.69, 9.17) is 13.8 Å². The number of alkyl halides is 3. The molecule has 1 aromatic carbocycles. The quantitative estimate of drug-likeness (QED) is 0.363. The van der Waals surface area contributed by atoms with E-state index >= 15 is 0 Å². The zero-order chi connectivity index (χ0) is 24.7. The van der Waals surface area contributed by atoms with Crippen LogP contribution in [0.25, 0.3) is 0 Å². The summed E-state index contributed by atoms with van der Waals surface area (Å²) in [5.74, 6) is -1.56. The van der Waals surface area contributed by atoms with Crippen molar-refractivity contribution in [2.75, 3.05) is 13.2 Å². The minimum absolute atomic E-state index is 0.0137. The number of amides is 1. The SMILES string of the molecule is CCOP(=O)(OCC)C(CC(=O)N[C@@H](C)c1ccc(C(F)(F)F)cc1)C(=O)OC(C)(C)C. The van der Waals surface area contributed by atoms with Crippen LogP contribution in [0, 0.1) is 0 Å². The predicted octanol–water partition coefficient (Wildman–Crippen LogP) is 5.25. The van der Waals surface area contributed by atoms with Crippen molar-refractivity contribution in [3.63, 3.8) is 0 Å². The second-order valence-corrected chi connectivity index (χ2v) is 10.3. The molecule has 0 spiro atoms. The summed E-state index contributed by atoms with van der Waals surface area (Å²) in [4.78, 5) is 25.4. The lowest BCUT2D eigenvalue weighted by Crippen LogP contribution is -2.37. The number of esters is 1. The number of rotatable bonds is 10. The lowest BCUT2D eigenvalue weighted by atomic mass is 10.1. The van der Waals surface area contributed by atoms with Crippen LogP contribution >= 0.6 is 7.60 Å². The molecule has 0 heterocycles. The van der Waals surface area contributed by atoms with Gasteiger partial charge in [0.25, 0.3) is 0 Å². The van der Waals surface area contributed by atoms with Crippen molar-refractivity contribution in [1.29, 1.82) is 0 Å². The first-order valence-electron chi connectivity index (χ1n) is 10.2. The van der Waals surface area contributed by atoms with Crippen molar-refractivity contribution in [1.82, 2.24) is 5.32 Å². The first-order valence-corrected chi connectivity index (χ1v) is 11.8. The third-order valence-electron chi connectivity index (χ3n) is 4.17. The number of carbonyl (C=O) groups is 2. The highest BCUT2D eigenvalue weighted by Crippen LogP contribution is 2.55. The highest BCUT2D eigenvalue weighted by atomic mass is 31.2. The van der Waals surface area contributed by atoms with E-state index in [1.165, 1.54) is 12.1 Å². The number of nitrogens with one attached hydrogen (secondary N) is 1. The Morgan fingerprint density at radius 2 is 1.53 bits per heavy atom. The average molecular weight is 481 g/mol. The van der Waals surface area contributed by atoms with E-state index in [0.717, 1.165) is 12.1 Å². The molecular formula is C21H31F3NO6P. The number of ether oxygens (including phenoxy) is 1. The monoisotopic (exact) mass is 481 g/mol. The molecule has 2 atom stereocenters. The van der Waals surface area contributed by atoms with Gasteiger partial charge < -0.3 is 19.1 Å². The first-order chi connectivity index (χ1) is 14.6. The van der Waals surface area contributed by atoms with Crippen LogP contribution in [0.3, 0.4) is 0 Å². The van der Waals surface area contributed by atoms with Crippen molar-refractivity contribution in [2.24, 2.45) is 0 Å². The van der Waals surface area contributed by atoms with Crippen molar-refractivity contribution in [2.45, 2.75) is 71.4 Å². The number of carbonyl (C=O) groups excluding carboxylic acids is 2. The largest absolute Gasteiger partial charge is 0.459 e. The Balaban J connectivity index is 3.04. The van der Waals surface area contributed by atoms with Gasteiger partial charge in [0.05, 0.1) is 31.2 Å².